The molecule has 1 amide bonds. The van der Waals surface area contributed by atoms with Crippen molar-refractivity contribution < 1.29 is 22.7 Å². The average Bonchev–Trinajstić information content (AvgIpc) is 2.54. The summed E-state index contributed by atoms with van der Waals surface area (Å²) in [7, 11) is 1.57. The molecule has 0 saturated carbocycles. The van der Waals surface area contributed by atoms with E-state index in [2.05, 4.69) is 0 Å². The summed E-state index contributed by atoms with van der Waals surface area (Å²) in [4.78, 5) is 15.3. The zero-order chi connectivity index (χ0) is 17.9. The highest BCUT2D eigenvalue weighted by molar-refractivity contribution is 6.21. The highest BCUT2D eigenvalue weighted by Crippen LogP contribution is 2.38. The predicted molar refractivity (Wildman–Crippen MR) is 84.5 cm³/mol. The predicted octanol–water partition coefficient (Wildman–Crippen LogP) is 2.32. The van der Waals surface area contributed by atoms with E-state index in [-0.39, 0.29) is 18.0 Å². The molecule has 1 saturated heterocycles. The highest BCUT2D eigenvalue weighted by Gasteiger charge is 2.35. The third kappa shape index (κ3) is 4.31. The van der Waals surface area contributed by atoms with Crippen molar-refractivity contribution >= 4 is 23.2 Å². The molecule has 0 bridgehead atoms. The Morgan fingerprint density at radius 3 is 2.62 bits per heavy atom. The lowest BCUT2D eigenvalue weighted by Crippen LogP contribution is -2.45. The van der Waals surface area contributed by atoms with Gasteiger partial charge in [0.25, 0.3) is 0 Å². The second kappa shape index (κ2) is 7.58. The Morgan fingerprint density at radius 1 is 1.42 bits per heavy atom. The third-order valence-electron chi connectivity index (χ3n) is 3.84. The van der Waals surface area contributed by atoms with Gasteiger partial charge in [-0.3, -0.25) is 9.69 Å². The Morgan fingerprint density at radius 2 is 2.04 bits per heavy atom. The van der Waals surface area contributed by atoms with Gasteiger partial charge in [-0.2, -0.15) is 13.2 Å². The molecule has 1 heterocycles. The Balaban J connectivity index is 2.10. The number of hydrogen-bond acceptors (Lipinski definition) is 4. The third-order valence-corrected chi connectivity index (χ3v) is 4.41. The van der Waals surface area contributed by atoms with Gasteiger partial charge in [0.15, 0.2) is 0 Å². The van der Waals surface area contributed by atoms with Gasteiger partial charge in [-0.1, -0.05) is 12.1 Å². The number of morpholine rings is 1. The molecule has 0 aliphatic carbocycles. The molecule has 1 atom stereocenters. The average molecular weight is 366 g/mol. The van der Waals surface area contributed by atoms with Crippen LogP contribution in [-0.4, -0.2) is 55.6 Å². The summed E-state index contributed by atoms with van der Waals surface area (Å²) in [6.07, 6.45) is -4.56. The highest BCUT2D eigenvalue weighted by atomic mass is 35.5. The number of alkyl halides is 4. The summed E-state index contributed by atoms with van der Waals surface area (Å²) < 4.78 is 44.0. The van der Waals surface area contributed by atoms with Crippen LogP contribution in [0.1, 0.15) is 16.6 Å². The number of rotatable bonds is 4. The van der Waals surface area contributed by atoms with Crippen LogP contribution in [0.3, 0.4) is 0 Å². The largest absolute Gasteiger partial charge is 0.418 e. The Labute approximate surface area is 143 Å². The van der Waals surface area contributed by atoms with E-state index in [4.69, 9.17) is 22.1 Å². The van der Waals surface area contributed by atoms with Crippen LogP contribution in [0, 0.1) is 0 Å². The monoisotopic (exact) mass is 365 g/mol. The van der Waals surface area contributed by atoms with Crippen LogP contribution in [0.4, 0.5) is 18.9 Å². The molecule has 0 aromatic heterocycles. The molecule has 1 unspecified atom stereocenters. The van der Waals surface area contributed by atoms with Crippen LogP contribution in [0.2, 0.25) is 0 Å². The van der Waals surface area contributed by atoms with Crippen LogP contribution in [0.25, 0.3) is 0 Å². The lowest BCUT2D eigenvalue weighted by atomic mass is 10.1. The summed E-state index contributed by atoms with van der Waals surface area (Å²) in [5.41, 5.74) is 3.47. The van der Waals surface area contributed by atoms with Crippen LogP contribution < -0.4 is 5.73 Å². The fraction of sp³-hybridized carbons (Fsp3) is 0.533. The van der Waals surface area contributed by atoms with Crippen molar-refractivity contribution in [2.75, 3.05) is 45.6 Å². The lowest BCUT2D eigenvalue weighted by molar-refractivity contribution is -0.137. The van der Waals surface area contributed by atoms with Gasteiger partial charge in [-0.05, 0) is 13.1 Å². The van der Waals surface area contributed by atoms with Crippen molar-refractivity contribution in [2.24, 2.45) is 0 Å². The Kier molecular flexibility index (Phi) is 5.95. The number of halogens is 4. The summed E-state index contributed by atoms with van der Waals surface area (Å²) >= 11 is 6.25. The number of ether oxygens (including phenoxy) is 1. The van der Waals surface area contributed by atoms with E-state index in [0.29, 0.717) is 26.3 Å². The van der Waals surface area contributed by atoms with Gasteiger partial charge in [-0.25, -0.2) is 0 Å². The molecule has 2 rings (SSSR count). The molecule has 134 valence electrons. The summed E-state index contributed by atoms with van der Waals surface area (Å²) in [5.74, 6) is -0.156. The van der Waals surface area contributed by atoms with Crippen LogP contribution in [0.5, 0.6) is 0 Å². The molecule has 0 spiro atoms. The summed E-state index contributed by atoms with van der Waals surface area (Å²) in [5, 5.41) is 0. The van der Waals surface area contributed by atoms with E-state index in [0.717, 1.165) is 6.07 Å². The first kappa shape index (κ1) is 18.8. The van der Waals surface area contributed by atoms with Gasteiger partial charge < -0.3 is 15.4 Å². The van der Waals surface area contributed by atoms with Gasteiger partial charge in [0.05, 0.1) is 25.3 Å². The number of carbonyl (C=O) groups is 1. The van der Waals surface area contributed by atoms with Gasteiger partial charge in [0.2, 0.25) is 5.91 Å². The van der Waals surface area contributed by atoms with Crippen LogP contribution >= 0.6 is 11.6 Å². The maximum atomic E-state index is 12.9. The van der Waals surface area contributed by atoms with Crippen molar-refractivity contribution in [3.63, 3.8) is 0 Å². The van der Waals surface area contributed by atoms with E-state index in [1.54, 1.807) is 11.9 Å². The van der Waals surface area contributed by atoms with E-state index in [1.807, 2.05) is 0 Å². The standard InChI is InChI=1S/C15H19ClF3N3O2/c1-21(9-12(23)22-5-7-24-8-6-22)14(16)10-3-2-4-11(13(10)20)15(17,18)19/h2-4,14H,5-9,20H2,1H3. The first-order valence-corrected chi connectivity index (χ1v) is 7.81. The molecular weight excluding hydrogens is 347 g/mol. The zero-order valence-corrected chi connectivity index (χ0v) is 13.9. The van der Waals surface area contributed by atoms with Crippen LogP contribution in [-0.2, 0) is 15.7 Å². The molecule has 1 aromatic rings. The van der Waals surface area contributed by atoms with E-state index in [1.165, 1.54) is 17.0 Å². The van der Waals surface area contributed by atoms with Gasteiger partial charge >= 0.3 is 6.18 Å². The zero-order valence-electron chi connectivity index (χ0n) is 13.1. The first-order chi connectivity index (χ1) is 11.2. The molecule has 0 radical (unpaired) electrons. The Bertz CT molecular complexity index is 592. The van der Waals surface area contributed by atoms with E-state index < -0.39 is 22.9 Å². The summed E-state index contributed by atoms with van der Waals surface area (Å²) in [6, 6.07) is 3.58. The minimum absolute atomic E-state index is 0.0240. The maximum absolute atomic E-state index is 12.9. The van der Waals surface area contributed by atoms with Crippen molar-refractivity contribution in [2.45, 2.75) is 11.7 Å². The number of carbonyl (C=O) groups excluding carboxylic acids is 1. The number of nitrogens with zero attached hydrogens (tertiary/aromatic N) is 2. The van der Waals surface area contributed by atoms with Gasteiger partial charge in [-0.15, -0.1) is 11.6 Å². The van der Waals surface area contributed by atoms with Crippen molar-refractivity contribution in [1.82, 2.24) is 9.80 Å². The molecule has 1 aliphatic heterocycles. The fourth-order valence-corrected chi connectivity index (χ4v) is 2.74. The van der Waals surface area contributed by atoms with Crippen molar-refractivity contribution in [3.8, 4) is 0 Å². The molecule has 5 nitrogen and oxygen atoms in total. The SMILES string of the molecule is CN(CC(=O)N1CCOCC1)C(Cl)c1cccc(C(F)(F)F)c1N. The molecule has 1 aromatic carbocycles. The Hall–Kier alpha value is -1.51. The minimum Gasteiger partial charge on any atom is -0.398 e. The maximum Gasteiger partial charge on any atom is 0.418 e. The number of benzene rings is 1. The molecule has 2 N–H and O–H groups in total. The molecule has 9 heteroatoms. The minimum atomic E-state index is -4.56. The number of anilines is 1. The molecule has 1 fully saturated rings. The van der Waals surface area contributed by atoms with E-state index in [9.17, 15) is 18.0 Å². The smallest absolute Gasteiger partial charge is 0.398 e. The number of nitrogen functional groups attached to an aromatic ring is 1. The number of amides is 1. The van der Waals surface area contributed by atoms with Crippen LogP contribution in [0.15, 0.2) is 18.2 Å². The molecular formula is C15H19ClF3N3O2. The number of para-hydroxylation sites is 1. The summed E-state index contributed by atoms with van der Waals surface area (Å²) in [6.45, 7) is 1.90. The number of nitrogens with two attached hydrogens (primary N) is 1. The quantitative estimate of drug-likeness (QED) is 0.505. The lowest BCUT2D eigenvalue weighted by Gasteiger charge is -2.30. The van der Waals surface area contributed by atoms with Crippen molar-refractivity contribution in [1.29, 1.82) is 0 Å². The normalized spacial score (nSPS) is 17.2. The molecule has 24 heavy (non-hydrogen) atoms. The number of likely N-dealkylation sites (N-methyl/N-ethyl adjacent to an activating group) is 1. The second-order valence-electron chi connectivity index (χ2n) is 5.55. The van der Waals surface area contributed by atoms with E-state index >= 15 is 0 Å². The topological polar surface area (TPSA) is 58.8 Å². The number of hydrogen-bond donors (Lipinski definition) is 1. The second-order valence-corrected chi connectivity index (χ2v) is 5.96. The fourth-order valence-electron chi connectivity index (χ4n) is 2.48. The van der Waals surface area contributed by atoms with Gasteiger partial charge in [0.1, 0.15) is 5.50 Å². The molecule has 1 aliphatic rings. The van der Waals surface area contributed by atoms with Gasteiger partial charge in [0, 0.05) is 24.3 Å². The van der Waals surface area contributed by atoms with Crippen molar-refractivity contribution in [3.05, 3.63) is 29.3 Å². The first-order valence-electron chi connectivity index (χ1n) is 7.37.